The van der Waals surface area contributed by atoms with E-state index in [0.29, 0.717) is 17.3 Å². The summed E-state index contributed by atoms with van der Waals surface area (Å²) < 4.78 is 0. The molecule has 1 aromatic rings. The van der Waals surface area contributed by atoms with Crippen LogP contribution in [0.2, 0.25) is 0 Å². The maximum atomic E-state index is 12.1. The Morgan fingerprint density at radius 2 is 2.29 bits per heavy atom. The van der Waals surface area contributed by atoms with Crippen LogP contribution in [0.5, 0.6) is 0 Å². The summed E-state index contributed by atoms with van der Waals surface area (Å²) in [6.07, 6.45) is 0.868. The molecule has 1 rings (SSSR count). The molecule has 0 aromatic carbocycles. The first kappa shape index (κ1) is 14.1. The van der Waals surface area contributed by atoms with Crippen LogP contribution >= 0.6 is 11.3 Å². The first-order valence-corrected chi connectivity index (χ1v) is 6.68. The van der Waals surface area contributed by atoms with Gasteiger partial charge in [0.1, 0.15) is 4.88 Å². The molecule has 0 aliphatic heterocycles. The van der Waals surface area contributed by atoms with Crippen molar-refractivity contribution in [3.63, 3.8) is 0 Å². The van der Waals surface area contributed by atoms with Gasteiger partial charge in [-0.3, -0.25) is 4.79 Å². The van der Waals surface area contributed by atoms with Crippen LogP contribution in [0.15, 0.2) is 5.51 Å². The van der Waals surface area contributed by atoms with E-state index in [1.807, 2.05) is 13.8 Å². The molecule has 5 heteroatoms. The van der Waals surface area contributed by atoms with Crippen molar-refractivity contribution in [3.8, 4) is 0 Å². The van der Waals surface area contributed by atoms with Gasteiger partial charge in [-0.05, 0) is 26.2 Å². The van der Waals surface area contributed by atoms with Crippen molar-refractivity contribution in [1.82, 2.24) is 10.3 Å². The number of nitrogens with zero attached hydrogens (tertiary/aromatic N) is 1. The van der Waals surface area contributed by atoms with E-state index >= 15 is 0 Å². The van der Waals surface area contributed by atoms with Crippen LogP contribution < -0.4 is 11.1 Å². The van der Waals surface area contributed by atoms with Gasteiger partial charge in [0, 0.05) is 6.54 Å². The van der Waals surface area contributed by atoms with Gasteiger partial charge in [0.15, 0.2) is 0 Å². The molecule has 0 radical (unpaired) electrons. The number of carbonyl (C=O) groups is 1. The average Bonchev–Trinajstić information content (AvgIpc) is 2.63. The van der Waals surface area contributed by atoms with Gasteiger partial charge in [0.05, 0.1) is 16.7 Å². The molecule has 4 nitrogen and oxygen atoms in total. The first-order valence-electron chi connectivity index (χ1n) is 5.80. The number of amides is 1. The fourth-order valence-corrected chi connectivity index (χ4v) is 2.63. The van der Waals surface area contributed by atoms with Gasteiger partial charge >= 0.3 is 0 Å². The highest BCUT2D eigenvalue weighted by Crippen LogP contribution is 2.18. The van der Waals surface area contributed by atoms with Crippen LogP contribution in [-0.2, 0) is 0 Å². The molecule has 0 aliphatic rings. The Balaban J connectivity index is 2.75. The van der Waals surface area contributed by atoms with E-state index in [2.05, 4.69) is 24.1 Å². The second-order valence-electron chi connectivity index (χ2n) is 5.08. The maximum absolute atomic E-state index is 12.1. The molecule has 0 bridgehead atoms. The van der Waals surface area contributed by atoms with E-state index in [-0.39, 0.29) is 11.4 Å². The van der Waals surface area contributed by atoms with Crippen LogP contribution in [0.4, 0.5) is 0 Å². The van der Waals surface area contributed by atoms with Gasteiger partial charge in [-0.15, -0.1) is 11.3 Å². The third kappa shape index (κ3) is 3.78. The minimum absolute atomic E-state index is 0.0707. The number of rotatable bonds is 5. The SMILES string of the molecule is Cc1ncsc1C(=O)NC(C)(CN)CC(C)C. The summed E-state index contributed by atoms with van der Waals surface area (Å²) in [5.74, 6) is 0.421. The van der Waals surface area contributed by atoms with Gasteiger partial charge in [0.2, 0.25) is 0 Å². The molecule has 1 unspecified atom stereocenters. The molecule has 0 saturated carbocycles. The Hall–Kier alpha value is -0.940. The zero-order valence-electron chi connectivity index (χ0n) is 10.9. The molecule has 3 N–H and O–H groups in total. The van der Waals surface area contributed by atoms with Crippen molar-refractivity contribution in [2.75, 3.05) is 6.54 Å². The van der Waals surface area contributed by atoms with E-state index in [1.165, 1.54) is 11.3 Å². The summed E-state index contributed by atoms with van der Waals surface area (Å²) in [4.78, 5) is 16.8. The fraction of sp³-hybridized carbons (Fsp3) is 0.667. The van der Waals surface area contributed by atoms with Crippen molar-refractivity contribution >= 4 is 17.2 Å². The Morgan fingerprint density at radius 3 is 2.71 bits per heavy atom. The van der Waals surface area contributed by atoms with Crippen molar-refractivity contribution in [2.24, 2.45) is 11.7 Å². The smallest absolute Gasteiger partial charge is 0.263 e. The molecule has 96 valence electrons. The molecule has 0 saturated heterocycles. The lowest BCUT2D eigenvalue weighted by molar-refractivity contribution is 0.0901. The van der Waals surface area contributed by atoms with Crippen molar-refractivity contribution in [2.45, 2.75) is 39.7 Å². The van der Waals surface area contributed by atoms with Crippen LogP contribution in [0.3, 0.4) is 0 Å². The van der Waals surface area contributed by atoms with E-state index in [9.17, 15) is 4.79 Å². The lowest BCUT2D eigenvalue weighted by Gasteiger charge is -2.31. The topological polar surface area (TPSA) is 68.0 Å². The van der Waals surface area contributed by atoms with Gasteiger partial charge in [-0.2, -0.15) is 0 Å². The molecule has 1 heterocycles. The normalized spacial score (nSPS) is 14.7. The first-order chi connectivity index (χ1) is 7.88. The lowest BCUT2D eigenvalue weighted by atomic mass is 9.90. The summed E-state index contributed by atoms with van der Waals surface area (Å²) in [6.45, 7) is 8.51. The monoisotopic (exact) mass is 255 g/mol. The molecule has 1 amide bonds. The number of aromatic nitrogens is 1. The second kappa shape index (κ2) is 5.60. The number of carbonyl (C=O) groups excluding carboxylic acids is 1. The van der Waals surface area contributed by atoms with Crippen LogP contribution in [0.1, 0.15) is 42.6 Å². The maximum Gasteiger partial charge on any atom is 0.263 e. The molecule has 17 heavy (non-hydrogen) atoms. The molecule has 1 atom stereocenters. The highest BCUT2D eigenvalue weighted by Gasteiger charge is 2.27. The molecule has 0 fully saturated rings. The standard InChI is InChI=1S/C12H21N3OS/c1-8(2)5-12(4,6-13)15-11(16)10-9(3)14-7-17-10/h7-8H,5-6,13H2,1-4H3,(H,15,16). The van der Waals surface area contributed by atoms with E-state index in [1.54, 1.807) is 5.51 Å². The summed E-state index contributed by atoms with van der Waals surface area (Å²) in [5.41, 5.74) is 7.88. The van der Waals surface area contributed by atoms with Crippen LogP contribution in [0.25, 0.3) is 0 Å². The summed E-state index contributed by atoms with van der Waals surface area (Å²) in [6, 6.07) is 0. The van der Waals surface area contributed by atoms with E-state index in [4.69, 9.17) is 5.73 Å². The van der Waals surface area contributed by atoms with E-state index in [0.717, 1.165) is 12.1 Å². The number of hydrogen-bond acceptors (Lipinski definition) is 4. The molecule has 1 aromatic heterocycles. The largest absolute Gasteiger partial charge is 0.345 e. The second-order valence-corrected chi connectivity index (χ2v) is 5.94. The Labute approximate surface area is 107 Å². The number of aryl methyl sites for hydroxylation is 1. The zero-order chi connectivity index (χ0) is 13.1. The number of thiazole rings is 1. The van der Waals surface area contributed by atoms with Gasteiger partial charge in [-0.25, -0.2) is 4.98 Å². The third-order valence-corrected chi connectivity index (χ3v) is 3.60. The predicted octanol–water partition coefficient (Wildman–Crippen LogP) is 1.94. The van der Waals surface area contributed by atoms with Gasteiger partial charge < -0.3 is 11.1 Å². The Morgan fingerprint density at radius 1 is 1.65 bits per heavy atom. The summed E-state index contributed by atoms with van der Waals surface area (Å²) >= 11 is 1.36. The van der Waals surface area contributed by atoms with E-state index < -0.39 is 0 Å². The molecule has 0 aliphatic carbocycles. The van der Waals surface area contributed by atoms with Crippen molar-refractivity contribution < 1.29 is 4.79 Å². The van der Waals surface area contributed by atoms with Crippen molar-refractivity contribution in [1.29, 1.82) is 0 Å². The fourth-order valence-electron chi connectivity index (χ4n) is 1.94. The average molecular weight is 255 g/mol. The molecule has 0 spiro atoms. The third-order valence-electron chi connectivity index (χ3n) is 2.68. The molecular formula is C12H21N3OS. The number of nitrogens with two attached hydrogens (primary N) is 1. The minimum atomic E-state index is -0.346. The zero-order valence-corrected chi connectivity index (χ0v) is 11.7. The number of hydrogen-bond donors (Lipinski definition) is 2. The highest BCUT2D eigenvalue weighted by molar-refractivity contribution is 7.11. The minimum Gasteiger partial charge on any atom is -0.345 e. The van der Waals surface area contributed by atoms with Crippen LogP contribution in [0, 0.1) is 12.8 Å². The number of nitrogens with one attached hydrogen (secondary N) is 1. The highest BCUT2D eigenvalue weighted by atomic mass is 32.1. The lowest BCUT2D eigenvalue weighted by Crippen LogP contribution is -2.52. The van der Waals surface area contributed by atoms with Gasteiger partial charge in [0.25, 0.3) is 5.91 Å². The molecular weight excluding hydrogens is 234 g/mol. The summed E-state index contributed by atoms with van der Waals surface area (Å²) in [7, 11) is 0. The predicted molar refractivity (Wildman–Crippen MR) is 71.2 cm³/mol. The van der Waals surface area contributed by atoms with Gasteiger partial charge in [-0.1, -0.05) is 13.8 Å². The quantitative estimate of drug-likeness (QED) is 0.845. The van der Waals surface area contributed by atoms with Crippen LogP contribution in [-0.4, -0.2) is 23.0 Å². The summed E-state index contributed by atoms with van der Waals surface area (Å²) in [5, 5.41) is 3.02. The van der Waals surface area contributed by atoms with Crippen molar-refractivity contribution in [3.05, 3.63) is 16.1 Å². The Kier molecular flexibility index (Phi) is 4.65. The Bertz CT molecular complexity index is 389.